The molecule has 0 aliphatic rings. The first kappa shape index (κ1) is 95.3. The van der Waals surface area contributed by atoms with Gasteiger partial charge in [0.1, 0.15) is 0 Å². The van der Waals surface area contributed by atoms with Gasteiger partial charge in [-0.1, -0.05) is 0 Å². The second-order valence-electron chi connectivity index (χ2n) is 0. The Morgan fingerprint density at radius 2 is 0.600 bits per heavy atom. The molecule has 0 aliphatic heterocycles. The Morgan fingerprint density at radius 3 is 0.600 bits per heavy atom. The van der Waals surface area contributed by atoms with Crippen molar-refractivity contribution in [3.8, 4) is 0 Å². The third-order valence-corrected chi connectivity index (χ3v) is 0. The van der Waals surface area contributed by atoms with Gasteiger partial charge < -0.3 is 16.4 Å². The van der Waals surface area contributed by atoms with E-state index in [0.717, 1.165) is 0 Å². The van der Waals surface area contributed by atoms with E-state index < -0.39 is 0 Å². The number of rotatable bonds is 0. The predicted octanol–water partition coefficient (Wildman–Crippen LogP) is -0.914. The molecular formula is H3FeNaO3. The number of hydrogen-bond acceptors (Lipinski definition) is 3. The van der Waals surface area contributed by atoms with Crippen molar-refractivity contribution in [3.63, 3.8) is 0 Å². The normalized spacial score (nSPS) is 0. The summed E-state index contributed by atoms with van der Waals surface area (Å²) in [7, 11) is 0. The monoisotopic (exact) mass is 130 g/mol. The molecule has 0 unspecified atom stereocenters. The average Bonchev–Trinajstić information content (AvgIpc) is 0. The van der Waals surface area contributed by atoms with Crippen LogP contribution in [0.15, 0.2) is 0 Å². The van der Waals surface area contributed by atoms with E-state index in [0.29, 0.717) is 0 Å². The Kier molecular flexibility index (Phi) is 1020. The third kappa shape index (κ3) is 31.9. The third-order valence-electron chi connectivity index (χ3n) is 0. The molecule has 0 heterocycles. The molecule has 0 spiro atoms. The van der Waals surface area contributed by atoms with Gasteiger partial charge in [-0.15, -0.1) is 0 Å². The van der Waals surface area contributed by atoms with Crippen LogP contribution in [0.2, 0.25) is 0 Å². The van der Waals surface area contributed by atoms with Crippen molar-refractivity contribution in [1.82, 2.24) is 0 Å². The molecule has 3 nitrogen and oxygen atoms in total. The molecule has 0 aromatic rings. The maximum atomic E-state index is 0. The summed E-state index contributed by atoms with van der Waals surface area (Å²) < 4.78 is 0. The smallest absolute Gasteiger partial charge is 0.870 e. The van der Waals surface area contributed by atoms with Crippen molar-refractivity contribution < 1.29 is 33.5 Å². The van der Waals surface area contributed by atoms with Crippen molar-refractivity contribution in [2.75, 3.05) is 0 Å². The fraction of sp³-hybridized carbons (Fsp3) is 0. The van der Waals surface area contributed by atoms with E-state index in [-0.39, 0.29) is 63.1 Å². The van der Waals surface area contributed by atoms with E-state index in [1.54, 1.807) is 0 Å². The standard InChI is InChI=1S/Fe.Na.3H2O/h;;3*1H2/q+3;;;;/p-3. The minimum Gasteiger partial charge on any atom is -0.870 e. The van der Waals surface area contributed by atoms with Gasteiger partial charge in [0, 0.05) is 29.6 Å². The van der Waals surface area contributed by atoms with Crippen LogP contribution in [0.4, 0.5) is 0 Å². The van der Waals surface area contributed by atoms with Crippen molar-refractivity contribution in [2.24, 2.45) is 0 Å². The van der Waals surface area contributed by atoms with Crippen LogP contribution < -0.4 is 0 Å². The molecule has 0 bridgehead atoms. The van der Waals surface area contributed by atoms with Gasteiger partial charge in [0.15, 0.2) is 0 Å². The van der Waals surface area contributed by atoms with Crippen LogP contribution in [0.3, 0.4) is 0 Å². The first-order valence-corrected chi connectivity index (χ1v) is 0. The maximum absolute atomic E-state index is 0. The molecule has 5 heteroatoms. The summed E-state index contributed by atoms with van der Waals surface area (Å²) in [6, 6.07) is 0. The van der Waals surface area contributed by atoms with E-state index in [9.17, 15) is 0 Å². The van der Waals surface area contributed by atoms with E-state index >= 15 is 0 Å². The van der Waals surface area contributed by atoms with E-state index in [1.807, 2.05) is 0 Å². The Labute approximate surface area is 62.8 Å². The van der Waals surface area contributed by atoms with Gasteiger partial charge in [0.2, 0.25) is 0 Å². The maximum Gasteiger partial charge on any atom is 3.00 e. The van der Waals surface area contributed by atoms with Crippen LogP contribution in [0, 0.1) is 0 Å². The van der Waals surface area contributed by atoms with Crippen LogP contribution >= 0.6 is 0 Å². The van der Waals surface area contributed by atoms with Crippen LogP contribution in [-0.4, -0.2) is 46.0 Å². The molecule has 0 atom stereocenters. The van der Waals surface area contributed by atoms with Crippen LogP contribution in [-0.2, 0) is 17.1 Å². The Hall–Kier alpha value is 1.40. The summed E-state index contributed by atoms with van der Waals surface area (Å²) in [6.45, 7) is 0. The fourth-order valence-corrected chi connectivity index (χ4v) is 0. The topological polar surface area (TPSA) is 90.0 Å². The molecule has 0 saturated carbocycles. The predicted molar refractivity (Wildman–Crippen MR) is 11.6 cm³/mol. The Morgan fingerprint density at radius 1 is 0.600 bits per heavy atom. The fourth-order valence-electron chi connectivity index (χ4n) is 0. The minimum absolute atomic E-state index is 0. The Balaban J connectivity index is 0. The second-order valence-corrected chi connectivity index (χ2v) is 0. The molecule has 0 fully saturated rings. The molecule has 3 N–H and O–H groups in total. The summed E-state index contributed by atoms with van der Waals surface area (Å²) in [5.74, 6) is 0. The molecule has 0 aliphatic carbocycles. The van der Waals surface area contributed by atoms with Crippen molar-refractivity contribution >= 4 is 29.6 Å². The molecule has 5 heavy (non-hydrogen) atoms. The number of hydrogen-bond donors (Lipinski definition) is 0. The molecule has 0 saturated heterocycles. The second kappa shape index (κ2) is 53.4. The zero-order chi connectivity index (χ0) is 0. The SMILES string of the molecule is [Fe+3].[Na].[OH-].[OH-].[OH-]. The molecular weight excluding hydrogens is 127 g/mol. The van der Waals surface area contributed by atoms with Crippen molar-refractivity contribution in [1.29, 1.82) is 0 Å². The van der Waals surface area contributed by atoms with Gasteiger partial charge >= 0.3 is 17.1 Å². The van der Waals surface area contributed by atoms with Gasteiger partial charge in [-0.25, -0.2) is 0 Å². The first-order chi connectivity index (χ1) is 0. The van der Waals surface area contributed by atoms with Gasteiger partial charge in [0.05, 0.1) is 0 Å². The average molecular weight is 130 g/mol. The van der Waals surface area contributed by atoms with E-state index in [1.165, 1.54) is 0 Å². The minimum atomic E-state index is 0. The first-order valence-electron chi connectivity index (χ1n) is 0. The van der Waals surface area contributed by atoms with Crippen molar-refractivity contribution in [2.45, 2.75) is 0 Å². The molecule has 0 aromatic heterocycles. The van der Waals surface area contributed by atoms with Gasteiger partial charge in [-0.05, 0) is 0 Å². The van der Waals surface area contributed by atoms with Crippen LogP contribution in [0.25, 0.3) is 0 Å². The molecule has 2 radical (unpaired) electrons. The molecule has 0 amide bonds. The summed E-state index contributed by atoms with van der Waals surface area (Å²) in [4.78, 5) is 0. The van der Waals surface area contributed by atoms with Crippen LogP contribution in [0.5, 0.6) is 0 Å². The van der Waals surface area contributed by atoms with Crippen LogP contribution in [0.1, 0.15) is 0 Å². The van der Waals surface area contributed by atoms with E-state index in [2.05, 4.69) is 0 Å². The summed E-state index contributed by atoms with van der Waals surface area (Å²) in [5, 5.41) is 0. The zero-order valence-corrected chi connectivity index (χ0v) is 5.80. The summed E-state index contributed by atoms with van der Waals surface area (Å²) >= 11 is 0. The molecule has 0 rings (SSSR count). The van der Waals surface area contributed by atoms with Crippen molar-refractivity contribution in [3.05, 3.63) is 0 Å². The quantitative estimate of drug-likeness (QED) is 0.397. The molecule has 30 valence electrons. The summed E-state index contributed by atoms with van der Waals surface area (Å²) in [6.07, 6.45) is 0. The van der Waals surface area contributed by atoms with Gasteiger partial charge in [0.25, 0.3) is 0 Å². The molecule has 0 aromatic carbocycles. The van der Waals surface area contributed by atoms with Gasteiger partial charge in [-0.3, -0.25) is 0 Å². The summed E-state index contributed by atoms with van der Waals surface area (Å²) in [5.41, 5.74) is 0. The van der Waals surface area contributed by atoms with Gasteiger partial charge in [-0.2, -0.15) is 0 Å². The van der Waals surface area contributed by atoms with E-state index in [4.69, 9.17) is 0 Å². The Bertz CT molecular complexity index is 6.85. The zero-order valence-electron chi connectivity index (χ0n) is 2.70. The largest absolute Gasteiger partial charge is 3.00 e.